The molecule has 1 aliphatic rings. The highest BCUT2D eigenvalue weighted by Gasteiger charge is 2.32. The summed E-state index contributed by atoms with van der Waals surface area (Å²) in [6.45, 7) is 4.02. The Balaban J connectivity index is 1.70. The molecule has 0 unspecified atom stereocenters. The number of fused-ring (bicyclic) bond motifs is 1. The molecule has 1 atom stereocenters. The Morgan fingerprint density at radius 2 is 1.96 bits per heavy atom. The van der Waals surface area contributed by atoms with Crippen LogP contribution in [0.25, 0.3) is 21.8 Å². The SMILES string of the molecule is Cc1cccc(-c2nc(-c3ccc4c(c3)C[C@@H](C)N4S(C)(=O)=O)cs2)c1. The molecular weight excluding hydrogens is 364 g/mol. The molecule has 0 radical (unpaired) electrons. The van der Waals surface area contributed by atoms with Crippen molar-refractivity contribution in [3.63, 3.8) is 0 Å². The lowest BCUT2D eigenvalue weighted by atomic mass is 10.1. The fourth-order valence-corrected chi connectivity index (χ4v) is 5.67. The fraction of sp³-hybridized carbons (Fsp3) is 0.250. The van der Waals surface area contributed by atoms with Crippen LogP contribution < -0.4 is 4.31 Å². The van der Waals surface area contributed by atoms with E-state index in [-0.39, 0.29) is 6.04 Å². The second-order valence-electron chi connectivity index (χ2n) is 6.86. The maximum absolute atomic E-state index is 12.1. The van der Waals surface area contributed by atoms with Gasteiger partial charge in [0.2, 0.25) is 10.0 Å². The van der Waals surface area contributed by atoms with Gasteiger partial charge in [0.25, 0.3) is 0 Å². The molecule has 4 rings (SSSR count). The summed E-state index contributed by atoms with van der Waals surface area (Å²) in [6, 6.07) is 14.2. The Morgan fingerprint density at radius 1 is 1.15 bits per heavy atom. The number of hydrogen-bond acceptors (Lipinski definition) is 4. The van der Waals surface area contributed by atoms with Crippen LogP contribution in [0.4, 0.5) is 5.69 Å². The number of nitrogens with zero attached hydrogens (tertiary/aromatic N) is 2. The predicted molar refractivity (Wildman–Crippen MR) is 108 cm³/mol. The van der Waals surface area contributed by atoms with E-state index in [1.807, 2.05) is 25.1 Å². The van der Waals surface area contributed by atoms with E-state index in [2.05, 4.69) is 36.6 Å². The average Bonchev–Trinajstić information content (AvgIpc) is 3.17. The third-order valence-corrected chi connectivity index (χ3v) is 6.82. The van der Waals surface area contributed by atoms with Gasteiger partial charge in [-0.3, -0.25) is 4.31 Å². The van der Waals surface area contributed by atoms with Crippen molar-refractivity contribution in [3.8, 4) is 21.8 Å². The summed E-state index contributed by atoms with van der Waals surface area (Å²) in [5.41, 5.74) is 6.15. The minimum absolute atomic E-state index is 0.0476. The molecule has 4 nitrogen and oxygen atoms in total. The quantitative estimate of drug-likeness (QED) is 0.668. The van der Waals surface area contributed by atoms with Gasteiger partial charge in [-0.05, 0) is 44.0 Å². The average molecular weight is 385 g/mol. The van der Waals surface area contributed by atoms with E-state index in [0.29, 0.717) is 0 Å². The molecule has 26 heavy (non-hydrogen) atoms. The monoisotopic (exact) mass is 384 g/mol. The molecule has 0 amide bonds. The summed E-state index contributed by atoms with van der Waals surface area (Å²) >= 11 is 1.63. The number of aryl methyl sites for hydroxylation is 1. The summed E-state index contributed by atoms with van der Waals surface area (Å²) in [7, 11) is -3.26. The standard InChI is InChI=1S/C20H20N2O2S2/c1-13-5-4-6-16(9-13)20-21-18(12-25-20)15-7-8-19-17(11-15)10-14(2)22(19)26(3,23)24/h4-9,11-12,14H,10H2,1-3H3/t14-/m1/s1. The van der Waals surface area contributed by atoms with Gasteiger partial charge >= 0.3 is 0 Å². The van der Waals surface area contributed by atoms with Crippen LogP contribution in [-0.4, -0.2) is 25.7 Å². The first-order valence-electron chi connectivity index (χ1n) is 8.48. The van der Waals surface area contributed by atoms with E-state index in [0.717, 1.165) is 39.5 Å². The van der Waals surface area contributed by atoms with Crippen molar-refractivity contribution in [2.75, 3.05) is 10.6 Å². The number of thiazole rings is 1. The number of sulfonamides is 1. The highest BCUT2D eigenvalue weighted by atomic mass is 32.2. The summed E-state index contributed by atoms with van der Waals surface area (Å²) in [4.78, 5) is 4.79. The highest BCUT2D eigenvalue weighted by molar-refractivity contribution is 7.92. The van der Waals surface area contributed by atoms with Crippen LogP contribution in [0.2, 0.25) is 0 Å². The number of rotatable bonds is 3. The zero-order chi connectivity index (χ0) is 18.5. The first-order valence-corrected chi connectivity index (χ1v) is 11.2. The molecule has 2 aromatic carbocycles. The second-order valence-corrected chi connectivity index (χ2v) is 9.58. The van der Waals surface area contributed by atoms with Crippen LogP contribution >= 0.6 is 11.3 Å². The summed E-state index contributed by atoms with van der Waals surface area (Å²) in [5, 5.41) is 3.06. The number of hydrogen-bond donors (Lipinski definition) is 0. The maximum Gasteiger partial charge on any atom is 0.232 e. The molecule has 134 valence electrons. The summed E-state index contributed by atoms with van der Waals surface area (Å²) < 4.78 is 25.6. The number of anilines is 1. The number of benzene rings is 2. The zero-order valence-electron chi connectivity index (χ0n) is 14.9. The van der Waals surface area contributed by atoms with Crippen molar-refractivity contribution in [1.82, 2.24) is 4.98 Å². The molecule has 6 heteroatoms. The molecule has 0 bridgehead atoms. The third kappa shape index (κ3) is 3.04. The van der Waals surface area contributed by atoms with Crippen molar-refractivity contribution in [2.45, 2.75) is 26.3 Å². The van der Waals surface area contributed by atoms with E-state index in [1.165, 1.54) is 16.1 Å². The molecular formula is C20H20N2O2S2. The minimum atomic E-state index is -3.26. The van der Waals surface area contributed by atoms with Gasteiger partial charge in [0.1, 0.15) is 5.01 Å². The Hall–Kier alpha value is -2.18. The molecule has 0 saturated heterocycles. The maximum atomic E-state index is 12.1. The molecule has 2 heterocycles. The zero-order valence-corrected chi connectivity index (χ0v) is 16.6. The predicted octanol–water partition coefficient (Wildman–Crippen LogP) is 4.50. The Kier molecular flexibility index (Phi) is 4.12. The lowest BCUT2D eigenvalue weighted by Crippen LogP contribution is -2.34. The van der Waals surface area contributed by atoms with Gasteiger partial charge < -0.3 is 0 Å². The summed E-state index contributed by atoms with van der Waals surface area (Å²) in [5.74, 6) is 0. The van der Waals surface area contributed by atoms with Crippen molar-refractivity contribution in [2.24, 2.45) is 0 Å². The molecule has 3 aromatic rings. The van der Waals surface area contributed by atoms with Crippen molar-refractivity contribution in [3.05, 3.63) is 59.0 Å². The third-order valence-electron chi connectivity index (χ3n) is 4.65. The molecule has 0 fully saturated rings. The van der Waals surface area contributed by atoms with Gasteiger partial charge in [0.15, 0.2) is 0 Å². The van der Waals surface area contributed by atoms with Gasteiger partial charge in [0.05, 0.1) is 17.6 Å². The van der Waals surface area contributed by atoms with Crippen LogP contribution in [-0.2, 0) is 16.4 Å². The van der Waals surface area contributed by atoms with Gasteiger partial charge in [-0.2, -0.15) is 0 Å². The van der Waals surface area contributed by atoms with E-state index >= 15 is 0 Å². The van der Waals surface area contributed by atoms with Crippen molar-refractivity contribution < 1.29 is 8.42 Å². The van der Waals surface area contributed by atoms with E-state index < -0.39 is 10.0 Å². The van der Waals surface area contributed by atoms with Gasteiger partial charge in [-0.25, -0.2) is 13.4 Å². The number of aromatic nitrogens is 1. The van der Waals surface area contributed by atoms with Gasteiger partial charge in [-0.1, -0.05) is 29.8 Å². The van der Waals surface area contributed by atoms with Crippen LogP contribution in [0, 0.1) is 6.92 Å². The molecule has 1 aliphatic heterocycles. The van der Waals surface area contributed by atoms with Crippen LogP contribution in [0.15, 0.2) is 47.8 Å². The van der Waals surface area contributed by atoms with Gasteiger partial charge in [-0.15, -0.1) is 11.3 Å². The Morgan fingerprint density at radius 3 is 2.69 bits per heavy atom. The normalized spacial score (nSPS) is 16.7. The van der Waals surface area contributed by atoms with Crippen LogP contribution in [0.3, 0.4) is 0 Å². The van der Waals surface area contributed by atoms with Gasteiger partial charge in [0, 0.05) is 22.5 Å². The molecule has 0 saturated carbocycles. The largest absolute Gasteiger partial charge is 0.267 e. The van der Waals surface area contributed by atoms with Crippen molar-refractivity contribution >= 4 is 27.0 Å². The van der Waals surface area contributed by atoms with E-state index in [9.17, 15) is 8.42 Å². The molecule has 0 N–H and O–H groups in total. The molecule has 0 aliphatic carbocycles. The Bertz CT molecular complexity index is 1090. The Labute approximate surface area is 158 Å². The molecule has 0 spiro atoms. The second kappa shape index (κ2) is 6.21. The van der Waals surface area contributed by atoms with Crippen LogP contribution in [0.5, 0.6) is 0 Å². The fourth-order valence-electron chi connectivity index (χ4n) is 3.58. The summed E-state index contributed by atoms with van der Waals surface area (Å²) in [6.07, 6.45) is 1.99. The van der Waals surface area contributed by atoms with Crippen LogP contribution in [0.1, 0.15) is 18.1 Å². The van der Waals surface area contributed by atoms with Crippen molar-refractivity contribution in [1.29, 1.82) is 0 Å². The smallest absolute Gasteiger partial charge is 0.232 e. The van der Waals surface area contributed by atoms with E-state index in [1.54, 1.807) is 11.3 Å². The minimum Gasteiger partial charge on any atom is -0.267 e. The first kappa shape index (κ1) is 17.2. The lowest BCUT2D eigenvalue weighted by molar-refractivity contribution is 0.590. The van der Waals surface area contributed by atoms with E-state index in [4.69, 9.17) is 4.98 Å². The lowest BCUT2D eigenvalue weighted by Gasteiger charge is -2.21. The molecule has 1 aromatic heterocycles. The highest BCUT2D eigenvalue weighted by Crippen LogP contribution is 2.37. The first-order chi connectivity index (χ1) is 12.3. The topological polar surface area (TPSA) is 50.3 Å².